The molecule has 30 heavy (non-hydrogen) atoms. The number of carbonyl (C=O) groups excluding carboxylic acids is 2. The maximum absolute atomic E-state index is 12.8. The van der Waals surface area contributed by atoms with Crippen molar-refractivity contribution in [1.29, 1.82) is 0 Å². The number of nitrogens with one attached hydrogen (secondary N) is 3. The normalized spacial score (nSPS) is 16.9. The molecule has 154 valence electrons. The Labute approximate surface area is 174 Å². The molecule has 3 N–H and O–H groups in total. The Bertz CT molecular complexity index is 1140. The van der Waals surface area contributed by atoms with Gasteiger partial charge in [0.25, 0.3) is 11.8 Å². The Morgan fingerprint density at radius 3 is 2.57 bits per heavy atom. The van der Waals surface area contributed by atoms with Gasteiger partial charge in [0.05, 0.1) is 16.7 Å². The first-order valence-corrected chi connectivity index (χ1v) is 9.77. The van der Waals surface area contributed by atoms with Crippen molar-refractivity contribution in [3.63, 3.8) is 0 Å². The van der Waals surface area contributed by atoms with E-state index in [-0.39, 0.29) is 17.2 Å². The maximum atomic E-state index is 12.8. The van der Waals surface area contributed by atoms with Gasteiger partial charge in [-0.3, -0.25) is 15.0 Å². The number of H-pyrrole nitrogens is 1. The zero-order valence-electron chi connectivity index (χ0n) is 17.4. The zero-order valence-corrected chi connectivity index (χ0v) is 17.4. The lowest BCUT2D eigenvalue weighted by Gasteiger charge is -2.30. The third-order valence-corrected chi connectivity index (χ3v) is 4.80. The molecule has 3 aromatic rings. The maximum Gasteiger partial charge on any atom is 0.292 e. The molecule has 1 aliphatic rings. The molecule has 0 radical (unpaired) electrons. The van der Waals surface area contributed by atoms with E-state index in [4.69, 9.17) is 0 Å². The standard InChI is InChI=1S/C22H24N6O2/c1-13-20(30)28(15-8-6-5-7-9-15)27-18(23-13)19(29)24-14-10-11-16-17(12-14)26-21(25-16)22(2,3)4/h5-13H,1-4H3,(H,23,27)(H,24,29)(H,25,26). The number of amides is 2. The number of aliphatic imine (C=N–C) groups is 1. The third kappa shape index (κ3) is 3.76. The van der Waals surface area contributed by atoms with Gasteiger partial charge in [-0.05, 0) is 37.3 Å². The van der Waals surface area contributed by atoms with Gasteiger partial charge in [-0.15, -0.1) is 0 Å². The van der Waals surface area contributed by atoms with E-state index in [0.29, 0.717) is 11.4 Å². The fourth-order valence-corrected chi connectivity index (χ4v) is 3.14. The number of hydrazine groups is 1. The Morgan fingerprint density at radius 2 is 1.87 bits per heavy atom. The van der Waals surface area contributed by atoms with Gasteiger partial charge in [-0.25, -0.2) is 15.0 Å². The molecule has 1 atom stereocenters. The third-order valence-electron chi connectivity index (χ3n) is 4.80. The Morgan fingerprint density at radius 1 is 1.13 bits per heavy atom. The van der Waals surface area contributed by atoms with Gasteiger partial charge in [-0.1, -0.05) is 39.0 Å². The van der Waals surface area contributed by atoms with E-state index < -0.39 is 11.9 Å². The molecule has 2 amide bonds. The van der Waals surface area contributed by atoms with Crippen LogP contribution in [0.25, 0.3) is 11.0 Å². The van der Waals surface area contributed by atoms with Crippen LogP contribution in [0.15, 0.2) is 53.5 Å². The number of hydrogen-bond acceptors (Lipinski definition) is 5. The Balaban J connectivity index is 1.56. The first-order chi connectivity index (χ1) is 14.2. The van der Waals surface area contributed by atoms with Crippen LogP contribution in [0.3, 0.4) is 0 Å². The molecular weight excluding hydrogens is 380 g/mol. The summed E-state index contributed by atoms with van der Waals surface area (Å²) in [5.74, 6) is 0.299. The number of aromatic nitrogens is 2. The van der Waals surface area contributed by atoms with Gasteiger partial charge >= 0.3 is 0 Å². The number of carbonyl (C=O) groups is 2. The molecule has 0 fully saturated rings. The van der Waals surface area contributed by atoms with Crippen molar-refractivity contribution < 1.29 is 9.59 Å². The number of imidazole rings is 1. The summed E-state index contributed by atoms with van der Waals surface area (Å²) >= 11 is 0. The van der Waals surface area contributed by atoms with Crippen LogP contribution in [0.5, 0.6) is 0 Å². The molecule has 8 heteroatoms. The molecule has 0 bridgehead atoms. The fraction of sp³-hybridized carbons (Fsp3) is 0.273. The zero-order chi connectivity index (χ0) is 21.5. The SMILES string of the molecule is CC1N=C(C(=O)Nc2ccc3nc(C(C)(C)C)[nH]c3c2)NN(c2ccccc2)C1=O. The topological polar surface area (TPSA) is 102 Å². The highest BCUT2D eigenvalue weighted by molar-refractivity contribution is 6.43. The molecule has 2 aromatic carbocycles. The summed E-state index contributed by atoms with van der Waals surface area (Å²) in [6, 6.07) is 13.9. The summed E-state index contributed by atoms with van der Waals surface area (Å²) in [6.45, 7) is 7.92. The summed E-state index contributed by atoms with van der Waals surface area (Å²) in [4.78, 5) is 37.5. The van der Waals surface area contributed by atoms with Crippen molar-refractivity contribution in [1.82, 2.24) is 15.4 Å². The monoisotopic (exact) mass is 404 g/mol. The lowest BCUT2D eigenvalue weighted by atomic mass is 9.96. The summed E-state index contributed by atoms with van der Waals surface area (Å²) in [5.41, 5.74) is 5.65. The van der Waals surface area contributed by atoms with Crippen molar-refractivity contribution in [2.24, 2.45) is 4.99 Å². The molecule has 0 saturated carbocycles. The Hall–Kier alpha value is -3.68. The molecule has 0 aliphatic carbocycles. The number of rotatable bonds is 3. The van der Waals surface area contributed by atoms with E-state index in [1.54, 1.807) is 25.1 Å². The van der Waals surface area contributed by atoms with E-state index in [2.05, 4.69) is 46.5 Å². The van der Waals surface area contributed by atoms with Crippen LogP contribution in [0.2, 0.25) is 0 Å². The number of nitrogens with zero attached hydrogens (tertiary/aromatic N) is 3. The molecule has 2 heterocycles. The second-order valence-electron chi connectivity index (χ2n) is 8.30. The highest BCUT2D eigenvalue weighted by Crippen LogP contribution is 2.24. The summed E-state index contributed by atoms with van der Waals surface area (Å²) in [6.07, 6.45) is 0. The van der Waals surface area contributed by atoms with Gasteiger partial charge in [0, 0.05) is 11.1 Å². The van der Waals surface area contributed by atoms with Crippen molar-refractivity contribution in [2.45, 2.75) is 39.2 Å². The van der Waals surface area contributed by atoms with Crippen LogP contribution in [0.4, 0.5) is 11.4 Å². The highest BCUT2D eigenvalue weighted by Gasteiger charge is 2.30. The summed E-state index contributed by atoms with van der Waals surface area (Å²) in [7, 11) is 0. The van der Waals surface area contributed by atoms with Crippen LogP contribution in [0.1, 0.15) is 33.5 Å². The first kappa shape index (κ1) is 19.6. The minimum atomic E-state index is -0.670. The molecule has 4 rings (SSSR count). The number of para-hydroxylation sites is 1. The molecule has 1 aromatic heterocycles. The number of anilines is 2. The summed E-state index contributed by atoms with van der Waals surface area (Å²) in [5, 5.41) is 4.19. The van der Waals surface area contributed by atoms with Gasteiger partial charge in [0.15, 0.2) is 0 Å². The molecule has 1 unspecified atom stereocenters. The highest BCUT2D eigenvalue weighted by atomic mass is 16.2. The Kier molecular flexibility index (Phi) is 4.77. The minimum absolute atomic E-state index is 0.0750. The first-order valence-electron chi connectivity index (χ1n) is 9.77. The van der Waals surface area contributed by atoms with Gasteiger partial charge < -0.3 is 10.3 Å². The quantitative estimate of drug-likeness (QED) is 0.624. The van der Waals surface area contributed by atoms with Crippen LogP contribution in [0, 0.1) is 0 Å². The number of amidine groups is 1. The van der Waals surface area contributed by atoms with Crippen LogP contribution in [-0.4, -0.2) is 33.7 Å². The van der Waals surface area contributed by atoms with E-state index in [9.17, 15) is 9.59 Å². The largest absolute Gasteiger partial charge is 0.341 e. The van der Waals surface area contributed by atoms with Crippen LogP contribution >= 0.6 is 0 Å². The molecular formula is C22H24N6O2. The molecule has 0 spiro atoms. The predicted molar refractivity (Wildman–Crippen MR) is 117 cm³/mol. The van der Waals surface area contributed by atoms with Crippen LogP contribution in [-0.2, 0) is 15.0 Å². The molecule has 8 nitrogen and oxygen atoms in total. The second-order valence-corrected chi connectivity index (χ2v) is 8.30. The van der Waals surface area contributed by atoms with Crippen molar-refractivity contribution >= 4 is 40.1 Å². The van der Waals surface area contributed by atoms with Gasteiger partial charge in [0.1, 0.15) is 11.9 Å². The van der Waals surface area contributed by atoms with E-state index in [0.717, 1.165) is 16.9 Å². The summed E-state index contributed by atoms with van der Waals surface area (Å²) < 4.78 is 0. The smallest absolute Gasteiger partial charge is 0.292 e. The number of benzene rings is 2. The number of aromatic amines is 1. The average Bonchev–Trinajstić information content (AvgIpc) is 3.14. The fourth-order valence-electron chi connectivity index (χ4n) is 3.14. The number of fused-ring (bicyclic) bond motifs is 1. The predicted octanol–water partition coefficient (Wildman–Crippen LogP) is 3.14. The van der Waals surface area contributed by atoms with E-state index in [1.165, 1.54) is 5.01 Å². The lowest BCUT2D eigenvalue weighted by Crippen LogP contribution is -2.57. The lowest BCUT2D eigenvalue weighted by molar-refractivity contribution is -0.120. The van der Waals surface area contributed by atoms with Crippen molar-refractivity contribution in [3.05, 3.63) is 54.4 Å². The van der Waals surface area contributed by atoms with Gasteiger partial charge in [0.2, 0.25) is 5.84 Å². The van der Waals surface area contributed by atoms with Crippen molar-refractivity contribution in [3.8, 4) is 0 Å². The molecule has 0 saturated heterocycles. The van der Waals surface area contributed by atoms with Gasteiger partial charge in [-0.2, -0.15) is 0 Å². The van der Waals surface area contributed by atoms with Crippen molar-refractivity contribution in [2.75, 3.05) is 10.3 Å². The van der Waals surface area contributed by atoms with E-state index >= 15 is 0 Å². The van der Waals surface area contributed by atoms with Crippen LogP contribution < -0.4 is 15.8 Å². The average molecular weight is 404 g/mol. The molecule has 1 aliphatic heterocycles. The minimum Gasteiger partial charge on any atom is -0.341 e. The van der Waals surface area contributed by atoms with E-state index in [1.807, 2.05) is 30.3 Å². The number of hydrogen-bond donors (Lipinski definition) is 3. The second kappa shape index (κ2) is 7.29.